The highest BCUT2D eigenvalue weighted by atomic mass is 16.5. The van der Waals surface area contributed by atoms with Crippen LogP contribution in [0.3, 0.4) is 0 Å². The Morgan fingerprint density at radius 2 is 2.44 bits per heavy atom. The van der Waals surface area contributed by atoms with Gasteiger partial charge in [0.25, 0.3) is 5.56 Å². The molecule has 0 bridgehead atoms. The third kappa shape index (κ3) is 1.64. The average Bonchev–Trinajstić information content (AvgIpc) is 2.93. The molecule has 0 unspecified atom stereocenters. The minimum atomic E-state index is -0.709. The molecule has 0 radical (unpaired) electrons. The summed E-state index contributed by atoms with van der Waals surface area (Å²) < 4.78 is 7.22. The summed E-state index contributed by atoms with van der Waals surface area (Å²) in [7, 11) is 0. The van der Waals surface area contributed by atoms with Crippen molar-refractivity contribution >= 4 is 11.0 Å². The van der Waals surface area contributed by atoms with Crippen LogP contribution in [0, 0.1) is 0 Å². The van der Waals surface area contributed by atoms with E-state index in [-0.39, 0.29) is 12.2 Å². The van der Waals surface area contributed by atoms with Gasteiger partial charge in [-0.25, -0.2) is 4.98 Å². The second kappa shape index (κ2) is 4.20. The van der Waals surface area contributed by atoms with Gasteiger partial charge in [-0.2, -0.15) is 0 Å². The van der Waals surface area contributed by atoms with E-state index < -0.39 is 18.4 Å². The van der Waals surface area contributed by atoms with Crippen molar-refractivity contribution in [2.75, 3.05) is 6.61 Å². The number of aromatic amines is 1. The van der Waals surface area contributed by atoms with Crippen LogP contribution in [-0.4, -0.2) is 43.6 Å². The lowest BCUT2D eigenvalue weighted by molar-refractivity contribution is -0.0430. The lowest BCUT2D eigenvalue weighted by Gasteiger charge is -2.13. The van der Waals surface area contributed by atoms with E-state index in [0.717, 1.165) is 0 Å². The minimum Gasteiger partial charge on any atom is -0.394 e. The van der Waals surface area contributed by atoms with E-state index in [1.165, 1.54) is 12.5 Å². The zero-order valence-electron chi connectivity index (χ0n) is 9.48. The fourth-order valence-electron chi connectivity index (χ4n) is 2.25. The third-order valence-electron chi connectivity index (χ3n) is 3.20. The number of nitrogens with zero attached hydrogens (tertiary/aromatic N) is 2. The molecule has 1 fully saturated rings. The number of aliphatic hydroxyl groups is 2. The summed E-state index contributed by atoms with van der Waals surface area (Å²) in [5.41, 5.74) is 0.723. The molecule has 3 rings (SSSR count). The molecule has 0 spiro atoms. The Bertz CT molecular complexity index is 620. The molecule has 7 heteroatoms. The number of imidazole rings is 1. The number of hydrogen-bond acceptors (Lipinski definition) is 5. The van der Waals surface area contributed by atoms with Gasteiger partial charge in [0.15, 0.2) is 5.52 Å². The molecule has 1 aliphatic rings. The summed E-state index contributed by atoms with van der Waals surface area (Å²) >= 11 is 0. The van der Waals surface area contributed by atoms with Crippen molar-refractivity contribution in [1.29, 1.82) is 0 Å². The topological polar surface area (TPSA) is 100 Å². The SMILES string of the molecule is O=c1[nH]ccc2c1ncn2[C@H]1C[C@H](O)[C@@H](CO)O1. The van der Waals surface area contributed by atoms with E-state index in [0.29, 0.717) is 17.5 Å². The van der Waals surface area contributed by atoms with Crippen molar-refractivity contribution in [3.05, 3.63) is 28.9 Å². The molecule has 0 aromatic carbocycles. The Morgan fingerprint density at radius 1 is 1.61 bits per heavy atom. The Labute approximate surface area is 102 Å². The fourth-order valence-corrected chi connectivity index (χ4v) is 2.25. The summed E-state index contributed by atoms with van der Waals surface area (Å²) in [5.74, 6) is 0. The van der Waals surface area contributed by atoms with Crippen molar-refractivity contribution in [3.8, 4) is 0 Å². The number of aliphatic hydroxyl groups excluding tert-OH is 2. The fraction of sp³-hybridized carbons (Fsp3) is 0.455. The first kappa shape index (κ1) is 11.4. The molecule has 3 heterocycles. The number of rotatable bonds is 2. The first-order valence-corrected chi connectivity index (χ1v) is 5.69. The molecule has 2 aromatic rings. The molecule has 2 aromatic heterocycles. The number of pyridine rings is 1. The summed E-state index contributed by atoms with van der Waals surface area (Å²) in [6, 6.07) is 1.73. The van der Waals surface area contributed by atoms with Crippen LogP contribution in [0.4, 0.5) is 0 Å². The zero-order valence-corrected chi connectivity index (χ0v) is 9.48. The van der Waals surface area contributed by atoms with Crippen LogP contribution in [0.15, 0.2) is 23.4 Å². The molecule has 3 N–H and O–H groups in total. The minimum absolute atomic E-state index is 0.231. The maximum Gasteiger partial charge on any atom is 0.276 e. The predicted molar refractivity (Wildman–Crippen MR) is 62.0 cm³/mol. The number of aromatic nitrogens is 3. The summed E-state index contributed by atoms with van der Waals surface area (Å²) in [6.45, 7) is -0.231. The van der Waals surface area contributed by atoms with Gasteiger partial charge in [0.2, 0.25) is 0 Å². The van der Waals surface area contributed by atoms with Crippen molar-refractivity contribution in [1.82, 2.24) is 14.5 Å². The lowest BCUT2D eigenvalue weighted by atomic mass is 10.2. The monoisotopic (exact) mass is 251 g/mol. The molecule has 3 atom stereocenters. The standard InChI is InChI=1S/C11H13N3O4/c15-4-8-7(16)3-9(18-8)14-5-13-10-6(14)1-2-12-11(10)17/h1-2,5,7-9,15-16H,3-4H2,(H,12,17)/t7-,8+,9+/m0/s1. The highest BCUT2D eigenvalue weighted by Gasteiger charge is 2.34. The maximum atomic E-state index is 11.5. The van der Waals surface area contributed by atoms with E-state index in [9.17, 15) is 9.90 Å². The predicted octanol–water partition coefficient (Wildman–Crippen LogP) is -0.635. The van der Waals surface area contributed by atoms with Gasteiger partial charge in [0.05, 0.1) is 24.6 Å². The molecule has 0 saturated carbocycles. The Morgan fingerprint density at radius 3 is 3.17 bits per heavy atom. The van der Waals surface area contributed by atoms with Gasteiger partial charge in [-0.3, -0.25) is 4.79 Å². The van der Waals surface area contributed by atoms with E-state index in [2.05, 4.69) is 9.97 Å². The Hall–Kier alpha value is -1.70. The van der Waals surface area contributed by atoms with Crippen LogP contribution in [0.1, 0.15) is 12.6 Å². The second-order valence-electron chi connectivity index (χ2n) is 4.31. The maximum absolute atomic E-state index is 11.5. The molecule has 7 nitrogen and oxygen atoms in total. The van der Waals surface area contributed by atoms with E-state index in [1.807, 2.05) is 0 Å². The molecule has 0 amide bonds. The number of H-pyrrole nitrogens is 1. The third-order valence-corrected chi connectivity index (χ3v) is 3.20. The summed E-state index contributed by atoms with van der Waals surface area (Å²) in [5, 5.41) is 18.7. The van der Waals surface area contributed by atoms with Gasteiger partial charge in [-0.05, 0) is 6.07 Å². The van der Waals surface area contributed by atoms with Gasteiger partial charge < -0.3 is 24.5 Å². The molecule has 0 aliphatic carbocycles. The highest BCUT2D eigenvalue weighted by molar-refractivity contribution is 5.73. The number of hydrogen-bond donors (Lipinski definition) is 3. The van der Waals surface area contributed by atoms with Gasteiger partial charge >= 0.3 is 0 Å². The first-order chi connectivity index (χ1) is 8.70. The second-order valence-corrected chi connectivity index (χ2v) is 4.31. The zero-order chi connectivity index (χ0) is 12.7. The van der Waals surface area contributed by atoms with Crippen LogP contribution in [0.25, 0.3) is 11.0 Å². The van der Waals surface area contributed by atoms with Crippen molar-refractivity contribution in [3.63, 3.8) is 0 Å². The van der Waals surface area contributed by atoms with Gasteiger partial charge in [0.1, 0.15) is 12.3 Å². The molecule has 18 heavy (non-hydrogen) atoms. The van der Waals surface area contributed by atoms with Crippen LogP contribution in [0.5, 0.6) is 0 Å². The van der Waals surface area contributed by atoms with Gasteiger partial charge in [-0.1, -0.05) is 0 Å². The molecule has 1 saturated heterocycles. The van der Waals surface area contributed by atoms with E-state index >= 15 is 0 Å². The van der Waals surface area contributed by atoms with E-state index in [4.69, 9.17) is 9.84 Å². The van der Waals surface area contributed by atoms with E-state index in [1.54, 1.807) is 10.6 Å². The number of fused-ring (bicyclic) bond motifs is 1. The van der Waals surface area contributed by atoms with Gasteiger partial charge in [-0.15, -0.1) is 0 Å². The van der Waals surface area contributed by atoms with Crippen molar-refractivity contribution in [2.24, 2.45) is 0 Å². The van der Waals surface area contributed by atoms with Crippen LogP contribution in [0.2, 0.25) is 0 Å². The molecule has 96 valence electrons. The van der Waals surface area contributed by atoms with Crippen LogP contribution in [-0.2, 0) is 4.74 Å². The Balaban J connectivity index is 2.01. The van der Waals surface area contributed by atoms with Gasteiger partial charge in [0, 0.05) is 12.6 Å². The first-order valence-electron chi connectivity index (χ1n) is 5.69. The molecular weight excluding hydrogens is 238 g/mol. The van der Waals surface area contributed by atoms with Crippen LogP contribution >= 0.6 is 0 Å². The summed E-state index contributed by atoms with van der Waals surface area (Å²) in [4.78, 5) is 18.1. The number of nitrogens with one attached hydrogen (secondary N) is 1. The Kier molecular flexibility index (Phi) is 2.66. The van der Waals surface area contributed by atoms with Crippen molar-refractivity contribution in [2.45, 2.75) is 24.9 Å². The van der Waals surface area contributed by atoms with Crippen molar-refractivity contribution < 1.29 is 14.9 Å². The lowest BCUT2D eigenvalue weighted by Crippen LogP contribution is -2.24. The normalized spacial score (nSPS) is 28.0. The molecule has 1 aliphatic heterocycles. The summed E-state index contributed by atoms with van der Waals surface area (Å²) in [6.07, 6.45) is 1.70. The molecular formula is C11H13N3O4. The largest absolute Gasteiger partial charge is 0.394 e. The average molecular weight is 251 g/mol. The number of ether oxygens (including phenoxy) is 1. The van der Waals surface area contributed by atoms with Crippen LogP contribution < -0.4 is 5.56 Å². The smallest absolute Gasteiger partial charge is 0.276 e. The highest BCUT2D eigenvalue weighted by Crippen LogP contribution is 2.30. The quantitative estimate of drug-likeness (QED) is 0.659.